The summed E-state index contributed by atoms with van der Waals surface area (Å²) in [6.07, 6.45) is 0. The normalized spacial score (nSPS) is 14.7. The second kappa shape index (κ2) is 10.1. The Morgan fingerprint density at radius 3 is 2.35 bits per heavy atom. The number of piperazine rings is 1. The quantitative estimate of drug-likeness (QED) is 0.533. The average molecular weight is 436 g/mol. The Morgan fingerprint density at radius 2 is 1.61 bits per heavy atom. The van der Waals surface area contributed by atoms with Gasteiger partial charge in [-0.05, 0) is 30.5 Å². The first-order valence-electron chi connectivity index (χ1n) is 10.7. The molecular weight excluding hydrogens is 406 g/mol. The summed E-state index contributed by atoms with van der Waals surface area (Å²) in [7, 11) is 0. The fraction of sp³-hybridized carbons (Fsp3) is 0.375. The highest BCUT2D eigenvalue weighted by Gasteiger charge is 2.22. The summed E-state index contributed by atoms with van der Waals surface area (Å²) >= 11 is 1.48. The maximum Gasteiger partial charge on any atom is 0.233 e. The summed E-state index contributed by atoms with van der Waals surface area (Å²) in [5.74, 6) is 1.43. The SMILES string of the molecule is Cc1ccccc1CN1CCN(C(=O)CSc2nnc(C)n2Cc2ccccc2)CC1. The van der Waals surface area contributed by atoms with Gasteiger partial charge in [0.25, 0.3) is 0 Å². The van der Waals surface area contributed by atoms with Gasteiger partial charge in [0.05, 0.1) is 12.3 Å². The third-order valence-corrected chi connectivity index (χ3v) is 6.74. The number of rotatable bonds is 7. The maximum absolute atomic E-state index is 12.8. The van der Waals surface area contributed by atoms with Crippen LogP contribution in [0.5, 0.6) is 0 Å². The van der Waals surface area contributed by atoms with Crippen molar-refractivity contribution in [1.29, 1.82) is 0 Å². The molecule has 1 aliphatic rings. The molecule has 1 aliphatic heterocycles. The molecule has 1 saturated heterocycles. The van der Waals surface area contributed by atoms with Gasteiger partial charge in [0.1, 0.15) is 5.82 Å². The predicted molar refractivity (Wildman–Crippen MR) is 124 cm³/mol. The molecule has 0 saturated carbocycles. The lowest BCUT2D eigenvalue weighted by molar-refractivity contribution is -0.130. The van der Waals surface area contributed by atoms with Gasteiger partial charge >= 0.3 is 0 Å². The Kier molecular flexibility index (Phi) is 7.04. The molecule has 31 heavy (non-hydrogen) atoms. The lowest BCUT2D eigenvalue weighted by Crippen LogP contribution is -2.48. The van der Waals surface area contributed by atoms with Crippen LogP contribution in [-0.2, 0) is 17.9 Å². The van der Waals surface area contributed by atoms with E-state index in [-0.39, 0.29) is 5.91 Å². The highest BCUT2D eigenvalue weighted by atomic mass is 32.2. The number of aromatic nitrogens is 3. The van der Waals surface area contributed by atoms with E-state index < -0.39 is 0 Å². The molecule has 2 heterocycles. The lowest BCUT2D eigenvalue weighted by Gasteiger charge is -2.35. The van der Waals surface area contributed by atoms with Crippen LogP contribution in [0.3, 0.4) is 0 Å². The van der Waals surface area contributed by atoms with Crippen LogP contribution in [0.15, 0.2) is 59.8 Å². The minimum atomic E-state index is 0.174. The van der Waals surface area contributed by atoms with Gasteiger partial charge in [-0.1, -0.05) is 66.4 Å². The minimum absolute atomic E-state index is 0.174. The fourth-order valence-electron chi connectivity index (χ4n) is 3.82. The summed E-state index contributed by atoms with van der Waals surface area (Å²) in [5, 5.41) is 9.31. The predicted octanol–water partition coefficient (Wildman–Crippen LogP) is 3.38. The van der Waals surface area contributed by atoms with Crippen LogP contribution < -0.4 is 0 Å². The Balaban J connectivity index is 1.28. The Labute approximate surface area is 188 Å². The molecule has 0 unspecified atom stereocenters. The fourth-order valence-corrected chi connectivity index (χ4v) is 4.70. The summed E-state index contributed by atoms with van der Waals surface area (Å²) in [6.45, 7) is 9.16. The standard InChI is InChI=1S/C24H29N5OS/c1-19-8-6-7-11-22(19)17-27-12-14-28(15-13-27)23(30)18-31-24-26-25-20(2)29(24)16-21-9-4-3-5-10-21/h3-11H,12-18H2,1-2H3. The van der Waals surface area contributed by atoms with Crippen molar-refractivity contribution in [2.75, 3.05) is 31.9 Å². The van der Waals surface area contributed by atoms with Gasteiger partial charge in [-0.25, -0.2) is 0 Å². The highest BCUT2D eigenvalue weighted by Crippen LogP contribution is 2.20. The van der Waals surface area contributed by atoms with Crippen molar-refractivity contribution in [2.24, 2.45) is 0 Å². The second-order valence-electron chi connectivity index (χ2n) is 7.97. The number of aryl methyl sites for hydroxylation is 2. The van der Waals surface area contributed by atoms with E-state index in [2.05, 4.69) is 63.0 Å². The van der Waals surface area contributed by atoms with Crippen molar-refractivity contribution in [2.45, 2.75) is 32.1 Å². The highest BCUT2D eigenvalue weighted by molar-refractivity contribution is 7.99. The molecule has 3 aromatic rings. The zero-order chi connectivity index (χ0) is 21.6. The summed E-state index contributed by atoms with van der Waals surface area (Å²) in [4.78, 5) is 17.2. The molecule has 2 aromatic carbocycles. The van der Waals surface area contributed by atoms with Crippen LogP contribution in [0.1, 0.15) is 22.5 Å². The number of carbonyl (C=O) groups is 1. The molecule has 0 bridgehead atoms. The van der Waals surface area contributed by atoms with Crippen molar-refractivity contribution < 1.29 is 4.79 Å². The number of benzene rings is 2. The Bertz CT molecular complexity index is 1010. The molecule has 7 heteroatoms. The molecule has 0 atom stereocenters. The molecule has 162 valence electrons. The zero-order valence-electron chi connectivity index (χ0n) is 18.2. The van der Waals surface area contributed by atoms with Crippen LogP contribution in [-0.4, -0.2) is 62.4 Å². The smallest absolute Gasteiger partial charge is 0.233 e. The summed E-state index contributed by atoms with van der Waals surface area (Å²) in [6, 6.07) is 18.8. The maximum atomic E-state index is 12.8. The molecule has 0 N–H and O–H groups in total. The van der Waals surface area contributed by atoms with Crippen molar-refractivity contribution in [3.63, 3.8) is 0 Å². The number of carbonyl (C=O) groups excluding carboxylic acids is 1. The first kappa shape index (κ1) is 21.6. The zero-order valence-corrected chi connectivity index (χ0v) is 19.0. The van der Waals surface area contributed by atoms with Crippen molar-refractivity contribution >= 4 is 17.7 Å². The van der Waals surface area contributed by atoms with E-state index >= 15 is 0 Å². The van der Waals surface area contributed by atoms with E-state index in [1.807, 2.05) is 30.0 Å². The number of thioether (sulfide) groups is 1. The van der Waals surface area contributed by atoms with Crippen LogP contribution >= 0.6 is 11.8 Å². The van der Waals surface area contributed by atoms with Crippen LogP contribution in [0, 0.1) is 13.8 Å². The van der Waals surface area contributed by atoms with E-state index in [4.69, 9.17) is 0 Å². The van der Waals surface area contributed by atoms with Crippen molar-refractivity contribution in [3.05, 3.63) is 77.1 Å². The van der Waals surface area contributed by atoms with Gasteiger partial charge in [0.15, 0.2) is 5.16 Å². The lowest BCUT2D eigenvalue weighted by atomic mass is 10.1. The number of amides is 1. The number of nitrogens with zero attached hydrogens (tertiary/aromatic N) is 5. The van der Waals surface area contributed by atoms with Gasteiger partial charge in [-0.3, -0.25) is 9.69 Å². The van der Waals surface area contributed by atoms with Crippen LogP contribution in [0.2, 0.25) is 0 Å². The molecule has 6 nitrogen and oxygen atoms in total. The third kappa shape index (κ3) is 5.54. The minimum Gasteiger partial charge on any atom is -0.339 e. The van der Waals surface area contributed by atoms with Gasteiger partial charge in [0.2, 0.25) is 5.91 Å². The second-order valence-corrected chi connectivity index (χ2v) is 8.92. The Morgan fingerprint density at radius 1 is 0.903 bits per heavy atom. The van der Waals surface area contributed by atoms with Crippen LogP contribution in [0.4, 0.5) is 0 Å². The van der Waals surface area contributed by atoms with Gasteiger partial charge in [0, 0.05) is 32.7 Å². The van der Waals surface area contributed by atoms with Gasteiger partial charge in [-0.2, -0.15) is 0 Å². The average Bonchev–Trinajstić information content (AvgIpc) is 3.14. The first-order chi connectivity index (χ1) is 15.1. The molecule has 0 radical (unpaired) electrons. The van der Waals surface area contributed by atoms with E-state index in [0.29, 0.717) is 12.3 Å². The van der Waals surface area contributed by atoms with Crippen molar-refractivity contribution in [1.82, 2.24) is 24.6 Å². The van der Waals surface area contributed by atoms with Gasteiger partial charge in [-0.15, -0.1) is 10.2 Å². The molecule has 0 aliphatic carbocycles. The van der Waals surface area contributed by atoms with E-state index in [9.17, 15) is 4.79 Å². The molecule has 0 spiro atoms. The molecule has 1 amide bonds. The van der Waals surface area contributed by atoms with E-state index in [1.165, 1.54) is 28.5 Å². The van der Waals surface area contributed by atoms with E-state index in [0.717, 1.165) is 43.7 Å². The topological polar surface area (TPSA) is 54.3 Å². The molecular formula is C24H29N5OS. The monoisotopic (exact) mass is 435 g/mol. The van der Waals surface area contributed by atoms with E-state index in [1.54, 1.807) is 0 Å². The molecule has 4 rings (SSSR count). The van der Waals surface area contributed by atoms with Gasteiger partial charge < -0.3 is 9.47 Å². The van der Waals surface area contributed by atoms with Crippen molar-refractivity contribution in [3.8, 4) is 0 Å². The first-order valence-corrected chi connectivity index (χ1v) is 11.7. The largest absolute Gasteiger partial charge is 0.339 e. The molecule has 1 aromatic heterocycles. The number of hydrogen-bond acceptors (Lipinski definition) is 5. The van der Waals surface area contributed by atoms with Crippen LogP contribution in [0.25, 0.3) is 0 Å². The summed E-state index contributed by atoms with van der Waals surface area (Å²) in [5.41, 5.74) is 3.89. The Hall–Kier alpha value is -2.64. The third-order valence-electron chi connectivity index (χ3n) is 5.79. The number of hydrogen-bond donors (Lipinski definition) is 0. The molecule has 1 fully saturated rings. The summed E-state index contributed by atoms with van der Waals surface area (Å²) < 4.78 is 2.08.